The zero-order valence-electron chi connectivity index (χ0n) is 17.5. The summed E-state index contributed by atoms with van der Waals surface area (Å²) in [6.07, 6.45) is 0.864. The average molecular weight is 405 g/mol. The molecule has 6 nitrogen and oxygen atoms in total. The van der Waals surface area contributed by atoms with Gasteiger partial charge in [0.15, 0.2) is 5.96 Å². The Morgan fingerprint density at radius 3 is 2.75 bits per heavy atom. The average Bonchev–Trinajstić information content (AvgIpc) is 3.13. The van der Waals surface area contributed by atoms with Crippen LogP contribution in [-0.2, 0) is 16.7 Å². The summed E-state index contributed by atoms with van der Waals surface area (Å²) in [4.78, 5) is 9.38. The molecule has 0 aliphatic heterocycles. The molecule has 1 aromatic heterocycles. The van der Waals surface area contributed by atoms with Gasteiger partial charge in [0.05, 0.1) is 23.9 Å². The highest BCUT2D eigenvalue weighted by Crippen LogP contribution is 2.25. The number of anilines is 1. The molecule has 154 valence electrons. The number of ether oxygens (including phenoxy) is 2. The summed E-state index contributed by atoms with van der Waals surface area (Å²) < 4.78 is 10.8. The second-order valence-corrected chi connectivity index (χ2v) is 8.29. The number of guanidine groups is 1. The normalized spacial score (nSPS) is 12.1. The van der Waals surface area contributed by atoms with Crippen LogP contribution in [0.25, 0.3) is 0 Å². The minimum atomic E-state index is 0.0685. The van der Waals surface area contributed by atoms with E-state index in [1.165, 1.54) is 0 Å². The molecule has 28 heavy (non-hydrogen) atoms. The van der Waals surface area contributed by atoms with Crippen molar-refractivity contribution in [1.82, 2.24) is 10.3 Å². The number of rotatable bonds is 9. The van der Waals surface area contributed by atoms with Crippen molar-refractivity contribution in [2.75, 3.05) is 32.2 Å². The molecule has 0 saturated heterocycles. The molecule has 1 aromatic carbocycles. The lowest BCUT2D eigenvalue weighted by atomic mass is 9.98. The van der Waals surface area contributed by atoms with E-state index in [1.54, 1.807) is 18.4 Å². The lowest BCUT2D eigenvalue weighted by Crippen LogP contribution is -2.30. The number of nitrogens with one attached hydrogen (secondary N) is 2. The van der Waals surface area contributed by atoms with Crippen molar-refractivity contribution < 1.29 is 9.47 Å². The van der Waals surface area contributed by atoms with Gasteiger partial charge in [0.1, 0.15) is 5.75 Å². The molecule has 0 spiro atoms. The summed E-state index contributed by atoms with van der Waals surface area (Å²) in [5.74, 6) is 1.55. The van der Waals surface area contributed by atoms with Gasteiger partial charge in [0.25, 0.3) is 0 Å². The number of aromatic nitrogens is 1. The van der Waals surface area contributed by atoms with Gasteiger partial charge in [-0.25, -0.2) is 9.98 Å². The van der Waals surface area contributed by atoms with Gasteiger partial charge in [-0.3, -0.25) is 0 Å². The van der Waals surface area contributed by atoms with Gasteiger partial charge in [0.2, 0.25) is 0 Å². The highest BCUT2D eigenvalue weighted by molar-refractivity contribution is 7.09. The second-order valence-electron chi connectivity index (χ2n) is 7.44. The van der Waals surface area contributed by atoms with Gasteiger partial charge in [-0.15, -0.1) is 11.3 Å². The topological polar surface area (TPSA) is 67.8 Å². The number of hydrogen-bond acceptors (Lipinski definition) is 5. The zero-order valence-corrected chi connectivity index (χ0v) is 18.4. The Bertz CT molecular complexity index is 753. The van der Waals surface area contributed by atoms with Crippen LogP contribution in [0.3, 0.4) is 0 Å². The first-order valence-corrected chi connectivity index (χ1v) is 10.5. The largest absolute Gasteiger partial charge is 0.493 e. The Morgan fingerprint density at radius 1 is 1.25 bits per heavy atom. The number of nitrogens with zero attached hydrogens (tertiary/aromatic N) is 2. The van der Waals surface area contributed by atoms with Crippen LogP contribution in [0.15, 0.2) is 34.6 Å². The van der Waals surface area contributed by atoms with Gasteiger partial charge < -0.3 is 20.1 Å². The van der Waals surface area contributed by atoms with Crippen molar-refractivity contribution >= 4 is 23.0 Å². The number of hydrogen-bond donors (Lipinski definition) is 2. The molecule has 0 fully saturated rings. The molecule has 0 amide bonds. The molecule has 7 heteroatoms. The molecule has 2 N–H and O–H groups in total. The minimum Gasteiger partial charge on any atom is -0.493 e. The molecule has 0 radical (unpaired) electrons. The first-order valence-electron chi connectivity index (χ1n) is 9.64. The number of thiazole rings is 1. The van der Waals surface area contributed by atoms with Crippen LogP contribution in [0.5, 0.6) is 5.75 Å². The van der Waals surface area contributed by atoms with Crippen molar-refractivity contribution in [3.05, 3.63) is 40.3 Å². The molecular formula is C21H32N4O2S. The van der Waals surface area contributed by atoms with Crippen LogP contribution in [-0.4, -0.2) is 37.8 Å². The Labute approximate surface area is 172 Å². The predicted octanol–water partition coefficient (Wildman–Crippen LogP) is 4.43. The van der Waals surface area contributed by atoms with Crippen LogP contribution in [0, 0.1) is 0 Å². The van der Waals surface area contributed by atoms with Crippen LogP contribution in [0.1, 0.15) is 44.8 Å². The third-order valence-electron chi connectivity index (χ3n) is 3.80. The van der Waals surface area contributed by atoms with E-state index in [4.69, 9.17) is 14.5 Å². The maximum atomic E-state index is 5.77. The van der Waals surface area contributed by atoms with E-state index in [1.807, 2.05) is 31.2 Å². The van der Waals surface area contributed by atoms with Gasteiger partial charge in [-0.05, 0) is 19.1 Å². The fraction of sp³-hybridized carbons (Fsp3) is 0.524. The fourth-order valence-electron chi connectivity index (χ4n) is 2.38. The number of benzene rings is 1. The Hall–Kier alpha value is -2.12. The molecule has 0 atom stereocenters. The first-order chi connectivity index (χ1) is 13.4. The molecular weight excluding hydrogens is 372 g/mol. The highest BCUT2D eigenvalue weighted by atomic mass is 32.1. The fourth-order valence-corrected chi connectivity index (χ4v) is 3.28. The van der Waals surface area contributed by atoms with Gasteiger partial charge in [0, 0.05) is 49.2 Å². The van der Waals surface area contributed by atoms with Crippen LogP contribution >= 0.6 is 11.3 Å². The van der Waals surface area contributed by atoms with E-state index >= 15 is 0 Å². The molecule has 0 bridgehead atoms. The number of methoxy groups -OCH3 is 1. The second kappa shape index (κ2) is 11.0. The number of aliphatic imine (C=N–C) groups is 1. The summed E-state index contributed by atoms with van der Waals surface area (Å²) in [7, 11) is 1.70. The summed E-state index contributed by atoms with van der Waals surface area (Å²) in [5, 5.41) is 9.83. The van der Waals surface area contributed by atoms with Crippen LogP contribution < -0.4 is 15.4 Å². The molecule has 1 heterocycles. The summed E-state index contributed by atoms with van der Waals surface area (Å²) in [5.41, 5.74) is 1.99. The van der Waals surface area contributed by atoms with E-state index in [9.17, 15) is 0 Å². The Balaban J connectivity index is 1.99. The van der Waals surface area contributed by atoms with E-state index in [0.717, 1.165) is 41.1 Å². The predicted molar refractivity (Wildman–Crippen MR) is 118 cm³/mol. The molecule has 0 unspecified atom stereocenters. The standard InChI is InChI=1S/C21H32N4O2S/c1-6-22-20(23-14-17-15-28-19(24-17)21(2,3)4)25-16-9-7-10-18(13-16)27-12-8-11-26-5/h7,9-10,13,15H,6,8,11-12,14H2,1-5H3,(H2,22,23,25). The maximum Gasteiger partial charge on any atom is 0.196 e. The molecule has 0 aliphatic rings. The molecule has 2 aromatic rings. The maximum absolute atomic E-state index is 5.77. The summed E-state index contributed by atoms with van der Waals surface area (Å²) >= 11 is 1.69. The summed E-state index contributed by atoms with van der Waals surface area (Å²) in [6.45, 7) is 11.2. The smallest absolute Gasteiger partial charge is 0.196 e. The zero-order chi connectivity index (χ0) is 20.4. The third kappa shape index (κ3) is 7.48. The van der Waals surface area contributed by atoms with E-state index in [-0.39, 0.29) is 5.41 Å². The van der Waals surface area contributed by atoms with Crippen molar-refractivity contribution in [2.24, 2.45) is 4.99 Å². The third-order valence-corrected chi connectivity index (χ3v) is 5.11. The van der Waals surface area contributed by atoms with Crippen LogP contribution in [0.4, 0.5) is 5.69 Å². The summed E-state index contributed by atoms with van der Waals surface area (Å²) in [6, 6.07) is 7.88. The lowest BCUT2D eigenvalue weighted by Gasteiger charge is -2.13. The van der Waals surface area contributed by atoms with Crippen molar-refractivity contribution in [2.45, 2.75) is 46.1 Å². The lowest BCUT2D eigenvalue weighted by molar-refractivity contribution is 0.172. The van der Waals surface area contributed by atoms with E-state index in [0.29, 0.717) is 19.8 Å². The molecule has 2 rings (SSSR count). The van der Waals surface area contributed by atoms with E-state index in [2.05, 4.69) is 41.8 Å². The molecule has 0 aliphatic carbocycles. The quantitative estimate of drug-likeness (QED) is 0.368. The molecule has 0 saturated carbocycles. The highest BCUT2D eigenvalue weighted by Gasteiger charge is 2.17. The van der Waals surface area contributed by atoms with Gasteiger partial charge in [-0.1, -0.05) is 26.8 Å². The van der Waals surface area contributed by atoms with Gasteiger partial charge in [-0.2, -0.15) is 0 Å². The van der Waals surface area contributed by atoms with Gasteiger partial charge >= 0.3 is 0 Å². The van der Waals surface area contributed by atoms with Crippen LogP contribution in [0.2, 0.25) is 0 Å². The van der Waals surface area contributed by atoms with Crippen molar-refractivity contribution in [3.8, 4) is 5.75 Å². The van der Waals surface area contributed by atoms with Crippen molar-refractivity contribution in [1.29, 1.82) is 0 Å². The Kier molecular flexibility index (Phi) is 8.73. The van der Waals surface area contributed by atoms with E-state index < -0.39 is 0 Å². The Morgan fingerprint density at radius 2 is 2.07 bits per heavy atom. The minimum absolute atomic E-state index is 0.0685. The van der Waals surface area contributed by atoms with Crippen molar-refractivity contribution in [3.63, 3.8) is 0 Å². The SMILES string of the molecule is CCNC(=NCc1csc(C(C)(C)C)n1)Nc1cccc(OCCCOC)c1. The first kappa shape index (κ1) is 22.2. The monoisotopic (exact) mass is 404 g/mol.